The van der Waals surface area contributed by atoms with E-state index in [1.807, 2.05) is 13.8 Å². The number of unbranched alkanes of at least 4 members (excludes halogenated alkanes) is 2. The molecule has 0 spiro atoms. The Balaban J connectivity index is 4.10. The molecule has 0 aromatic carbocycles. The predicted octanol–water partition coefficient (Wildman–Crippen LogP) is 3.45. The van der Waals surface area contributed by atoms with Crippen LogP contribution in [0.2, 0.25) is 0 Å². The van der Waals surface area contributed by atoms with Gasteiger partial charge in [0, 0.05) is 18.3 Å². The highest BCUT2D eigenvalue weighted by molar-refractivity contribution is 5.82. The van der Waals surface area contributed by atoms with Gasteiger partial charge in [0.2, 0.25) is 5.91 Å². The first-order chi connectivity index (χ1) is 8.56. The van der Waals surface area contributed by atoms with Crippen molar-refractivity contribution in [2.75, 3.05) is 0 Å². The van der Waals surface area contributed by atoms with E-state index in [2.05, 4.69) is 6.92 Å². The summed E-state index contributed by atoms with van der Waals surface area (Å²) in [6.07, 6.45) is 7.06. The Hall–Kier alpha value is -0.860. The number of hydrogen-bond acceptors (Lipinski definition) is 2. The first kappa shape index (κ1) is 17.1. The number of Topliss-reactive ketones (excluding diaryl/α,β-unsaturated/α-hetero) is 1. The lowest BCUT2D eigenvalue weighted by Crippen LogP contribution is -2.25. The lowest BCUT2D eigenvalue weighted by Gasteiger charge is -2.15. The summed E-state index contributed by atoms with van der Waals surface area (Å²) in [6.45, 7) is 6.22. The van der Waals surface area contributed by atoms with Crippen LogP contribution in [0.1, 0.15) is 72.1 Å². The second-order valence-corrected chi connectivity index (χ2v) is 5.11. The normalized spacial score (nSPS) is 12.7. The third-order valence-electron chi connectivity index (χ3n) is 3.74. The van der Waals surface area contributed by atoms with Gasteiger partial charge in [-0.1, -0.05) is 40.0 Å². The smallest absolute Gasteiger partial charge is 0.220 e. The second-order valence-electron chi connectivity index (χ2n) is 5.11. The monoisotopic (exact) mass is 255 g/mol. The maximum atomic E-state index is 11.9. The largest absolute Gasteiger partial charge is 0.369 e. The quantitative estimate of drug-likeness (QED) is 0.575. The van der Waals surface area contributed by atoms with E-state index < -0.39 is 0 Å². The topological polar surface area (TPSA) is 60.2 Å². The van der Waals surface area contributed by atoms with Gasteiger partial charge in [-0.2, -0.15) is 0 Å². The summed E-state index contributed by atoms with van der Waals surface area (Å²) in [5, 5.41) is 0. The summed E-state index contributed by atoms with van der Waals surface area (Å²) in [5.41, 5.74) is 5.40. The minimum Gasteiger partial charge on any atom is -0.369 e. The van der Waals surface area contributed by atoms with Crippen molar-refractivity contribution in [3.8, 4) is 0 Å². The van der Waals surface area contributed by atoms with E-state index in [-0.39, 0.29) is 17.7 Å². The van der Waals surface area contributed by atoms with Crippen LogP contribution in [0.3, 0.4) is 0 Å². The highest BCUT2D eigenvalue weighted by atomic mass is 16.1. The molecule has 0 aromatic heterocycles. The maximum absolute atomic E-state index is 11.9. The lowest BCUT2D eigenvalue weighted by atomic mass is 9.89. The van der Waals surface area contributed by atoms with E-state index >= 15 is 0 Å². The van der Waals surface area contributed by atoms with Crippen LogP contribution < -0.4 is 5.73 Å². The molecule has 0 rings (SSSR count). The van der Waals surface area contributed by atoms with Gasteiger partial charge in [0.25, 0.3) is 0 Å². The molecule has 0 aliphatic carbocycles. The van der Waals surface area contributed by atoms with Gasteiger partial charge in [0.05, 0.1) is 0 Å². The number of amides is 1. The van der Waals surface area contributed by atoms with Gasteiger partial charge < -0.3 is 5.73 Å². The molecular weight excluding hydrogens is 226 g/mol. The summed E-state index contributed by atoms with van der Waals surface area (Å²) in [5.74, 6) is 0.0919. The van der Waals surface area contributed by atoms with Crippen LogP contribution in [-0.4, -0.2) is 11.7 Å². The molecule has 0 aliphatic heterocycles. The zero-order chi connectivity index (χ0) is 14.0. The zero-order valence-electron chi connectivity index (χ0n) is 12.2. The van der Waals surface area contributed by atoms with Crippen LogP contribution in [0.15, 0.2) is 0 Å². The van der Waals surface area contributed by atoms with Crippen LogP contribution in [-0.2, 0) is 9.59 Å². The molecule has 1 amide bonds. The summed E-state index contributed by atoms with van der Waals surface area (Å²) in [7, 11) is 0. The Bertz CT molecular complexity index is 247. The predicted molar refractivity (Wildman–Crippen MR) is 75.1 cm³/mol. The Labute approximate surface area is 112 Å². The summed E-state index contributed by atoms with van der Waals surface area (Å²) < 4.78 is 0. The minimum absolute atomic E-state index is 0.116. The maximum Gasteiger partial charge on any atom is 0.220 e. The highest BCUT2D eigenvalue weighted by Gasteiger charge is 2.19. The fraction of sp³-hybridized carbons (Fsp3) is 0.867. The number of carbonyl (C=O) groups is 2. The van der Waals surface area contributed by atoms with E-state index in [4.69, 9.17) is 5.73 Å². The van der Waals surface area contributed by atoms with Crippen molar-refractivity contribution in [2.24, 2.45) is 17.6 Å². The van der Waals surface area contributed by atoms with E-state index in [1.54, 1.807) is 0 Å². The van der Waals surface area contributed by atoms with Gasteiger partial charge in [-0.3, -0.25) is 9.59 Å². The zero-order valence-corrected chi connectivity index (χ0v) is 12.2. The molecule has 0 radical (unpaired) electrons. The molecule has 3 nitrogen and oxygen atoms in total. The first-order valence-corrected chi connectivity index (χ1v) is 7.38. The van der Waals surface area contributed by atoms with Gasteiger partial charge in [-0.05, 0) is 25.7 Å². The van der Waals surface area contributed by atoms with Crippen molar-refractivity contribution in [3.05, 3.63) is 0 Å². The molecule has 18 heavy (non-hydrogen) atoms. The van der Waals surface area contributed by atoms with Gasteiger partial charge in [-0.25, -0.2) is 0 Å². The third kappa shape index (κ3) is 6.77. The molecule has 0 bridgehead atoms. The average Bonchev–Trinajstić information content (AvgIpc) is 2.34. The molecule has 0 heterocycles. The molecule has 3 heteroatoms. The molecule has 0 saturated carbocycles. The SMILES string of the molecule is CCCCCC(CCC(=O)C(CC)CC)C(N)=O. The number of hydrogen-bond donors (Lipinski definition) is 1. The average molecular weight is 255 g/mol. The van der Waals surface area contributed by atoms with Crippen LogP contribution in [0, 0.1) is 11.8 Å². The van der Waals surface area contributed by atoms with Crippen LogP contribution >= 0.6 is 0 Å². The lowest BCUT2D eigenvalue weighted by molar-refractivity contribution is -0.124. The second kappa shape index (κ2) is 10.1. The van der Waals surface area contributed by atoms with E-state index in [0.29, 0.717) is 18.6 Å². The van der Waals surface area contributed by atoms with Crippen molar-refractivity contribution in [3.63, 3.8) is 0 Å². The Morgan fingerprint density at radius 2 is 1.56 bits per heavy atom. The molecule has 0 aromatic rings. The summed E-state index contributed by atoms with van der Waals surface area (Å²) >= 11 is 0. The van der Waals surface area contributed by atoms with Gasteiger partial charge in [0.15, 0.2) is 0 Å². The number of nitrogens with two attached hydrogens (primary N) is 1. The molecule has 0 saturated heterocycles. The van der Waals surface area contributed by atoms with Crippen molar-refractivity contribution < 1.29 is 9.59 Å². The van der Waals surface area contributed by atoms with Crippen LogP contribution in [0.4, 0.5) is 0 Å². The highest BCUT2D eigenvalue weighted by Crippen LogP contribution is 2.19. The number of primary amides is 1. The van der Waals surface area contributed by atoms with E-state index in [9.17, 15) is 9.59 Å². The first-order valence-electron chi connectivity index (χ1n) is 7.38. The molecule has 1 atom stereocenters. The number of ketones is 1. The molecule has 2 N–H and O–H groups in total. The van der Waals surface area contributed by atoms with Crippen LogP contribution in [0.25, 0.3) is 0 Å². The Morgan fingerprint density at radius 1 is 0.944 bits per heavy atom. The Kier molecular flexibility index (Phi) is 9.62. The standard InChI is InChI=1S/C15H29NO2/c1-4-7-8-9-13(15(16)18)10-11-14(17)12(5-2)6-3/h12-13H,4-11H2,1-3H3,(H2,16,18). The summed E-state index contributed by atoms with van der Waals surface area (Å²) in [4.78, 5) is 23.2. The fourth-order valence-corrected chi connectivity index (χ4v) is 2.33. The van der Waals surface area contributed by atoms with E-state index in [1.165, 1.54) is 0 Å². The molecule has 0 aliphatic rings. The third-order valence-corrected chi connectivity index (χ3v) is 3.74. The van der Waals surface area contributed by atoms with Crippen molar-refractivity contribution in [1.82, 2.24) is 0 Å². The molecule has 0 fully saturated rings. The fourth-order valence-electron chi connectivity index (χ4n) is 2.33. The minimum atomic E-state index is -0.247. The van der Waals surface area contributed by atoms with Crippen molar-refractivity contribution in [1.29, 1.82) is 0 Å². The van der Waals surface area contributed by atoms with Gasteiger partial charge >= 0.3 is 0 Å². The van der Waals surface area contributed by atoms with Crippen molar-refractivity contribution in [2.45, 2.75) is 72.1 Å². The Morgan fingerprint density at radius 3 is 2.00 bits per heavy atom. The molecular formula is C15H29NO2. The van der Waals surface area contributed by atoms with Gasteiger partial charge in [0.1, 0.15) is 5.78 Å². The molecule has 106 valence electrons. The van der Waals surface area contributed by atoms with Crippen LogP contribution in [0.5, 0.6) is 0 Å². The summed E-state index contributed by atoms with van der Waals surface area (Å²) in [6, 6.07) is 0. The number of carbonyl (C=O) groups excluding carboxylic acids is 2. The van der Waals surface area contributed by atoms with Gasteiger partial charge in [-0.15, -0.1) is 0 Å². The van der Waals surface area contributed by atoms with Crippen molar-refractivity contribution >= 4 is 11.7 Å². The van der Waals surface area contributed by atoms with E-state index in [0.717, 1.165) is 38.5 Å². The number of rotatable bonds is 11. The molecule has 1 unspecified atom stereocenters.